The van der Waals surface area contributed by atoms with Gasteiger partial charge in [-0.1, -0.05) is 0 Å². The molecule has 0 radical (unpaired) electrons. The summed E-state index contributed by atoms with van der Waals surface area (Å²) in [5.74, 6) is -2.16. The van der Waals surface area contributed by atoms with E-state index in [-0.39, 0.29) is 16.7 Å². The molecule has 1 aliphatic rings. The van der Waals surface area contributed by atoms with E-state index in [0.717, 1.165) is 12.1 Å². The lowest BCUT2D eigenvalue weighted by molar-refractivity contribution is 0.490. The number of hydrogen-bond donors (Lipinski definition) is 1. The van der Waals surface area contributed by atoms with Crippen molar-refractivity contribution >= 4 is 9.84 Å². The summed E-state index contributed by atoms with van der Waals surface area (Å²) in [5.41, 5.74) is 0.323. The van der Waals surface area contributed by atoms with E-state index in [9.17, 15) is 17.2 Å². The normalized spacial score (nSPS) is 22.9. The number of rotatable bonds is 1. The van der Waals surface area contributed by atoms with Crippen LogP contribution in [0.5, 0.6) is 0 Å². The Bertz CT molecular complexity index is 543. The van der Waals surface area contributed by atoms with Gasteiger partial charge < -0.3 is 5.32 Å². The third-order valence-electron chi connectivity index (χ3n) is 3.02. The molecule has 1 atom stereocenters. The van der Waals surface area contributed by atoms with Crippen molar-refractivity contribution in [1.82, 2.24) is 5.32 Å². The molecule has 1 aromatic carbocycles. The number of hydrogen-bond acceptors (Lipinski definition) is 3. The fourth-order valence-electron chi connectivity index (χ4n) is 2.13. The van der Waals surface area contributed by atoms with Gasteiger partial charge in [0.1, 0.15) is 0 Å². The zero-order valence-electron chi connectivity index (χ0n) is 9.33. The van der Waals surface area contributed by atoms with Gasteiger partial charge in [0.05, 0.1) is 10.6 Å². The van der Waals surface area contributed by atoms with Gasteiger partial charge in [-0.25, -0.2) is 17.2 Å². The van der Waals surface area contributed by atoms with Crippen molar-refractivity contribution in [3.63, 3.8) is 0 Å². The first-order chi connectivity index (χ1) is 7.95. The van der Waals surface area contributed by atoms with E-state index in [1.807, 2.05) is 0 Å². The Morgan fingerprint density at radius 1 is 1.29 bits per heavy atom. The van der Waals surface area contributed by atoms with Crippen LogP contribution in [0.25, 0.3) is 0 Å². The average Bonchev–Trinajstić information content (AvgIpc) is 2.38. The molecule has 0 saturated carbocycles. The molecule has 1 heterocycles. The zero-order valence-corrected chi connectivity index (χ0v) is 10.2. The third-order valence-corrected chi connectivity index (χ3v) is 4.87. The Kier molecular flexibility index (Phi) is 3.18. The molecule has 0 aromatic heterocycles. The Morgan fingerprint density at radius 3 is 2.59 bits per heavy atom. The van der Waals surface area contributed by atoms with E-state index in [4.69, 9.17) is 0 Å². The van der Waals surface area contributed by atoms with Gasteiger partial charge in [-0.05, 0) is 37.6 Å². The maximum Gasteiger partial charge on any atom is 0.178 e. The van der Waals surface area contributed by atoms with Gasteiger partial charge in [-0.15, -0.1) is 0 Å². The number of benzene rings is 1. The molecule has 1 N–H and O–H groups in total. The van der Waals surface area contributed by atoms with E-state index in [1.165, 1.54) is 0 Å². The van der Waals surface area contributed by atoms with Crippen LogP contribution in [0.2, 0.25) is 0 Å². The highest BCUT2D eigenvalue weighted by Crippen LogP contribution is 2.32. The first-order valence-corrected chi connectivity index (χ1v) is 7.00. The highest BCUT2D eigenvalue weighted by atomic mass is 32.2. The Labute approximate surface area is 98.8 Å². The van der Waals surface area contributed by atoms with Crippen LogP contribution in [0, 0.1) is 11.6 Å². The van der Waals surface area contributed by atoms with Crippen LogP contribution >= 0.6 is 0 Å². The van der Waals surface area contributed by atoms with Crippen molar-refractivity contribution in [3.8, 4) is 0 Å². The molecule has 0 fully saturated rings. The molecule has 0 saturated heterocycles. The lowest BCUT2D eigenvalue weighted by atomic mass is 10.0. The Hall–Kier alpha value is -1.01. The van der Waals surface area contributed by atoms with Crippen molar-refractivity contribution < 1.29 is 17.2 Å². The van der Waals surface area contributed by atoms with Gasteiger partial charge in [0.25, 0.3) is 0 Å². The topological polar surface area (TPSA) is 46.2 Å². The number of nitrogens with one attached hydrogen (secondary N) is 1. The molecule has 1 aromatic rings. The highest BCUT2D eigenvalue weighted by Gasteiger charge is 2.28. The predicted molar refractivity (Wildman–Crippen MR) is 59.4 cm³/mol. The SMILES string of the molecule is CNC1CCCS(=O)(=O)c2cc(F)c(F)cc21. The quantitative estimate of drug-likeness (QED) is 0.784. The molecular formula is C11H13F2NO2S. The first kappa shape index (κ1) is 12.4. The lowest BCUT2D eigenvalue weighted by Crippen LogP contribution is -2.17. The van der Waals surface area contributed by atoms with E-state index in [0.29, 0.717) is 18.4 Å². The van der Waals surface area contributed by atoms with Crippen LogP contribution in [0.15, 0.2) is 17.0 Å². The largest absolute Gasteiger partial charge is 0.313 e. The summed E-state index contributed by atoms with van der Waals surface area (Å²) in [6.07, 6.45) is 1.07. The van der Waals surface area contributed by atoms with Crippen molar-refractivity contribution in [2.45, 2.75) is 23.8 Å². The van der Waals surface area contributed by atoms with Crippen molar-refractivity contribution in [3.05, 3.63) is 29.3 Å². The summed E-state index contributed by atoms with van der Waals surface area (Å²) in [6.45, 7) is 0. The second-order valence-electron chi connectivity index (χ2n) is 4.11. The Balaban J connectivity index is 2.70. The summed E-state index contributed by atoms with van der Waals surface area (Å²) in [7, 11) is -1.83. The van der Waals surface area contributed by atoms with Crippen LogP contribution < -0.4 is 5.32 Å². The number of fused-ring (bicyclic) bond motifs is 1. The van der Waals surface area contributed by atoms with E-state index >= 15 is 0 Å². The highest BCUT2D eigenvalue weighted by molar-refractivity contribution is 7.91. The number of sulfone groups is 1. The van der Waals surface area contributed by atoms with Crippen molar-refractivity contribution in [2.24, 2.45) is 0 Å². The van der Waals surface area contributed by atoms with Crippen molar-refractivity contribution in [2.75, 3.05) is 12.8 Å². The van der Waals surface area contributed by atoms with E-state index in [1.54, 1.807) is 7.05 Å². The molecule has 0 spiro atoms. The van der Waals surface area contributed by atoms with Gasteiger partial charge >= 0.3 is 0 Å². The molecule has 1 aliphatic heterocycles. The second-order valence-corrected chi connectivity index (χ2v) is 6.18. The molecule has 94 valence electrons. The minimum absolute atomic E-state index is 0.0246. The lowest BCUT2D eigenvalue weighted by Gasteiger charge is -2.16. The third kappa shape index (κ3) is 2.19. The van der Waals surface area contributed by atoms with Crippen LogP contribution in [0.1, 0.15) is 24.4 Å². The van der Waals surface area contributed by atoms with Gasteiger partial charge in [0, 0.05) is 6.04 Å². The molecule has 1 unspecified atom stereocenters. The van der Waals surface area contributed by atoms with Gasteiger partial charge in [-0.2, -0.15) is 0 Å². The van der Waals surface area contributed by atoms with Gasteiger partial charge in [-0.3, -0.25) is 0 Å². The molecule has 0 aliphatic carbocycles. The number of halogens is 2. The molecule has 0 amide bonds. The first-order valence-electron chi connectivity index (χ1n) is 5.34. The molecule has 0 bridgehead atoms. The summed E-state index contributed by atoms with van der Waals surface area (Å²) < 4.78 is 50.2. The maximum atomic E-state index is 13.2. The molecule has 3 nitrogen and oxygen atoms in total. The molecular weight excluding hydrogens is 248 g/mol. The fraction of sp³-hybridized carbons (Fsp3) is 0.455. The minimum atomic E-state index is -3.51. The Morgan fingerprint density at radius 2 is 1.94 bits per heavy atom. The molecule has 2 rings (SSSR count). The minimum Gasteiger partial charge on any atom is -0.313 e. The fourth-order valence-corrected chi connectivity index (χ4v) is 3.74. The van der Waals surface area contributed by atoms with Crippen LogP contribution in [-0.4, -0.2) is 21.2 Å². The monoisotopic (exact) mass is 261 g/mol. The van der Waals surface area contributed by atoms with Crippen LogP contribution in [0.4, 0.5) is 8.78 Å². The summed E-state index contributed by atoms with van der Waals surface area (Å²) in [6, 6.07) is 1.52. The predicted octanol–water partition coefficient (Wildman–Crippen LogP) is 1.79. The van der Waals surface area contributed by atoms with E-state index < -0.39 is 21.5 Å². The standard InChI is InChI=1S/C11H13F2NO2S/c1-14-10-3-2-4-17(15,16)11-6-9(13)8(12)5-7(10)11/h5-6,10,14H,2-4H2,1H3. The molecule has 17 heavy (non-hydrogen) atoms. The average molecular weight is 261 g/mol. The maximum absolute atomic E-state index is 13.2. The summed E-state index contributed by atoms with van der Waals surface area (Å²) >= 11 is 0. The van der Waals surface area contributed by atoms with E-state index in [2.05, 4.69) is 5.32 Å². The van der Waals surface area contributed by atoms with Gasteiger partial charge in [0.2, 0.25) is 0 Å². The summed E-state index contributed by atoms with van der Waals surface area (Å²) in [5, 5.41) is 2.93. The zero-order chi connectivity index (χ0) is 12.6. The van der Waals surface area contributed by atoms with Crippen LogP contribution in [-0.2, 0) is 9.84 Å². The van der Waals surface area contributed by atoms with Gasteiger partial charge in [0.15, 0.2) is 21.5 Å². The van der Waals surface area contributed by atoms with Crippen LogP contribution in [0.3, 0.4) is 0 Å². The van der Waals surface area contributed by atoms with Crippen molar-refractivity contribution in [1.29, 1.82) is 0 Å². The molecule has 6 heteroatoms. The smallest absolute Gasteiger partial charge is 0.178 e. The second kappa shape index (κ2) is 4.34. The summed E-state index contributed by atoms with van der Waals surface area (Å²) in [4.78, 5) is -0.0896.